The van der Waals surface area contributed by atoms with Crippen molar-refractivity contribution in [2.45, 2.75) is 71.3 Å². The maximum absolute atomic E-state index is 12.0. The summed E-state index contributed by atoms with van der Waals surface area (Å²) in [6.07, 6.45) is 7.86. The molecule has 0 aromatic heterocycles. The summed E-state index contributed by atoms with van der Waals surface area (Å²) in [6, 6.07) is 0. The van der Waals surface area contributed by atoms with Crippen LogP contribution in [0.3, 0.4) is 0 Å². The van der Waals surface area contributed by atoms with Gasteiger partial charge >= 0.3 is 5.97 Å². The van der Waals surface area contributed by atoms with Crippen molar-refractivity contribution in [2.75, 3.05) is 0 Å². The minimum absolute atomic E-state index is 0.0119. The lowest BCUT2D eigenvalue weighted by Crippen LogP contribution is -2.60. The van der Waals surface area contributed by atoms with E-state index in [-0.39, 0.29) is 22.9 Å². The number of fused-ring (bicyclic) bond motifs is 3. The van der Waals surface area contributed by atoms with Gasteiger partial charge in [-0.15, -0.1) is 0 Å². The van der Waals surface area contributed by atoms with Gasteiger partial charge in [0.15, 0.2) is 0 Å². The zero-order chi connectivity index (χ0) is 16.6. The van der Waals surface area contributed by atoms with Gasteiger partial charge in [-0.05, 0) is 80.6 Å². The molecule has 2 bridgehead atoms. The average Bonchev–Trinajstić information content (AvgIpc) is 2.68. The molecule has 4 rings (SSSR count). The van der Waals surface area contributed by atoms with E-state index in [9.17, 15) is 15.0 Å². The fraction of sp³-hybridized carbons (Fsp3) is 0.850. The maximum Gasteiger partial charge on any atom is 0.309 e. The lowest BCUT2D eigenvalue weighted by Gasteiger charge is -2.63. The van der Waals surface area contributed by atoms with Crippen molar-refractivity contribution < 1.29 is 15.0 Å². The number of aliphatic hydroxyl groups is 1. The van der Waals surface area contributed by atoms with Crippen LogP contribution < -0.4 is 0 Å². The number of aliphatic hydroxyl groups excluding tert-OH is 1. The lowest BCUT2D eigenvalue weighted by molar-refractivity contribution is -0.190. The average molecular weight is 318 g/mol. The first-order valence-corrected chi connectivity index (χ1v) is 9.36. The number of rotatable bonds is 1. The summed E-state index contributed by atoms with van der Waals surface area (Å²) in [5.41, 5.74) is 0.514. The Balaban J connectivity index is 1.78. The first-order valence-electron chi connectivity index (χ1n) is 9.36. The normalized spacial score (nSPS) is 55.2. The van der Waals surface area contributed by atoms with Crippen LogP contribution in [-0.4, -0.2) is 22.3 Å². The third kappa shape index (κ3) is 1.72. The van der Waals surface area contributed by atoms with E-state index in [1.54, 1.807) is 0 Å². The molecule has 0 radical (unpaired) electrons. The van der Waals surface area contributed by atoms with E-state index in [1.807, 2.05) is 6.92 Å². The minimum Gasteiger partial charge on any atom is -0.481 e. The van der Waals surface area contributed by atoms with Gasteiger partial charge in [0, 0.05) is 5.41 Å². The highest BCUT2D eigenvalue weighted by Gasteiger charge is 2.67. The van der Waals surface area contributed by atoms with Crippen LogP contribution in [-0.2, 0) is 4.79 Å². The Morgan fingerprint density at radius 3 is 2.57 bits per heavy atom. The molecule has 4 aliphatic carbocycles. The first kappa shape index (κ1) is 15.7. The summed E-state index contributed by atoms with van der Waals surface area (Å²) in [4.78, 5) is 12.0. The molecule has 0 unspecified atom stereocenters. The van der Waals surface area contributed by atoms with Gasteiger partial charge in [-0.2, -0.15) is 0 Å². The van der Waals surface area contributed by atoms with Crippen LogP contribution in [0.15, 0.2) is 12.2 Å². The van der Waals surface area contributed by atoms with Crippen LogP contribution >= 0.6 is 0 Å². The van der Waals surface area contributed by atoms with Crippen molar-refractivity contribution in [3.05, 3.63) is 12.2 Å². The Morgan fingerprint density at radius 1 is 1.13 bits per heavy atom. The molecule has 3 heteroatoms. The third-order valence-corrected chi connectivity index (χ3v) is 8.70. The van der Waals surface area contributed by atoms with E-state index < -0.39 is 11.4 Å². The standard InChI is InChI=1S/C20H30O3/c1-12-13-5-6-15-18(2)8-4-9-19(3,17(22)23)14(18)7-10-20(15,11-13)16(12)21/h13-16,21H,1,4-11H2,2-3H3,(H,22,23)/t13-,14+,15-,16+,18-,19+,20-/m1/s1. The zero-order valence-corrected chi connectivity index (χ0v) is 14.5. The molecular weight excluding hydrogens is 288 g/mol. The highest BCUT2D eigenvalue weighted by molar-refractivity contribution is 5.75. The number of carboxylic acids is 1. The van der Waals surface area contributed by atoms with E-state index in [1.165, 1.54) is 0 Å². The van der Waals surface area contributed by atoms with Crippen LogP contribution in [0.2, 0.25) is 0 Å². The van der Waals surface area contributed by atoms with Crippen LogP contribution in [0.5, 0.6) is 0 Å². The molecule has 128 valence electrons. The van der Waals surface area contributed by atoms with Gasteiger partial charge in [0.25, 0.3) is 0 Å². The van der Waals surface area contributed by atoms with Crippen molar-refractivity contribution in [2.24, 2.45) is 34.0 Å². The molecule has 0 aromatic rings. The van der Waals surface area contributed by atoms with Crippen molar-refractivity contribution >= 4 is 5.97 Å². The maximum atomic E-state index is 12.0. The Labute approximate surface area is 139 Å². The predicted octanol–water partition coefficient (Wildman–Crippen LogP) is 4.01. The molecule has 0 aromatic carbocycles. The summed E-state index contributed by atoms with van der Waals surface area (Å²) >= 11 is 0. The summed E-state index contributed by atoms with van der Waals surface area (Å²) in [5, 5.41) is 20.9. The number of aliphatic carboxylic acids is 1. The quantitative estimate of drug-likeness (QED) is 0.718. The molecule has 4 fully saturated rings. The summed E-state index contributed by atoms with van der Waals surface area (Å²) < 4.78 is 0. The molecule has 0 aliphatic heterocycles. The molecule has 4 aliphatic rings. The lowest BCUT2D eigenvalue weighted by atomic mass is 9.40. The second-order valence-electron chi connectivity index (χ2n) is 9.41. The zero-order valence-electron chi connectivity index (χ0n) is 14.5. The second-order valence-corrected chi connectivity index (χ2v) is 9.41. The first-order chi connectivity index (χ1) is 10.8. The van der Waals surface area contributed by atoms with Crippen LogP contribution in [0.25, 0.3) is 0 Å². The minimum atomic E-state index is -0.616. The van der Waals surface area contributed by atoms with Gasteiger partial charge in [-0.3, -0.25) is 4.79 Å². The Morgan fingerprint density at radius 2 is 1.87 bits per heavy atom. The molecule has 0 heterocycles. The van der Waals surface area contributed by atoms with E-state index in [2.05, 4.69) is 13.5 Å². The third-order valence-electron chi connectivity index (χ3n) is 8.70. The molecule has 3 nitrogen and oxygen atoms in total. The topological polar surface area (TPSA) is 57.5 Å². The predicted molar refractivity (Wildman–Crippen MR) is 88.8 cm³/mol. The van der Waals surface area contributed by atoms with Crippen molar-refractivity contribution in [1.82, 2.24) is 0 Å². The number of hydrogen-bond acceptors (Lipinski definition) is 2. The summed E-state index contributed by atoms with van der Waals surface area (Å²) in [7, 11) is 0. The van der Waals surface area contributed by atoms with Gasteiger partial charge in [-0.25, -0.2) is 0 Å². The Kier molecular flexibility index (Phi) is 3.15. The number of carboxylic acid groups (broad SMARTS) is 1. The van der Waals surface area contributed by atoms with Crippen LogP contribution in [0, 0.1) is 34.0 Å². The number of hydrogen-bond donors (Lipinski definition) is 2. The van der Waals surface area contributed by atoms with E-state index in [0.29, 0.717) is 11.8 Å². The highest BCUT2D eigenvalue weighted by atomic mass is 16.4. The fourth-order valence-corrected chi connectivity index (χ4v) is 7.62. The molecule has 2 N–H and O–H groups in total. The molecular formula is C20H30O3. The van der Waals surface area contributed by atoms with Gasteiger partial charge in [0.2, 0.25) is 0 Å². The molecule has 0 saturated heterocycles. The van der Waals surface area contributed by atoms with Crippen LogP contribution in [0.1, 0.15) is 65.2 Å². The van der Waals surface area contributed by atoms with Crippen molar-refractivity contribution in [3.63, 3.8) is 0 Å². The van der Waals surface area contributed by atoms with Gasteiger partial charge in [0.05, 0.1) is 11.5 Å². The summed E-state index contributed by atoms with van der Waals surface area (Å²) in [6.45, 7) is 8.53. The SMILES string of the molecule is C=C1[C@@H]2CC[C@@H]3[C@]4(C)CCC[C@](C)(C(=O)O)[C@H]4CC[C@]3(C2)[C@H]1O. The fourth-order valence-electron chi connectivity index (χ4n) is 7.62. The highest BCUT2D eigenvalue weighted by Crippen LogP contribution is 2.72. The summed E-state index contributed by atoms with van der Waals surface area (Å²) in [5.74, 6) is 0.581. The molecule has 7 atom stereocenters. The molecule has 0 amide bonds. The Bertz CT molecular complexity index is 569. The van der Waals surface area contributed by atoms with Gasteiger partial charge in [0.1, 0.15) is 0 Å². The smallest absolute Gasteiger partial charge is 0.309 e. The molecule has 4 saturated carbocycles. The van der Waals surface area contributed by atoms with Crippen molar-refractivity contribution in [3.8, 4) is 0 Å². The largest absolute Gasteiger partial charge is 0.481 e. The second kappa shape index (κ2) is 4.62. The van der Waals surface area contributed by atoms with E-state index in [0.717, 1.165) is 56.9 Å². The number of carbonyl (C=O) groups is 1. The van der Waals surface area contributed by atoms with E-state index in [4.69, 9.17) is 0 Å². The van der Waals surface area contributed by atoms with Crippen LogP contribution in [0.4, 0.5) is 0 Å². The van der Waals surface area contributed by atoms with Gasteiger partial charge < -0.3 is 10.2 Å². The molecule has 23 heavy (non-hydrogen) atoms. The van der Waals surface area contributed by atoms with Crippen molar-refractivity contribution in [1.29, 1.82) is 0 Å². The monoisotopic (exact) mass is 318 g/mol. The van der Waals surface area contributed by atoms with Gasteiger partial charge in [-0.1, -0.05) is 19.9 Å². The molecule has 1 spiro atoms. The Hall–Kier alpha value is -0.830. The van der Waals surface area contributed by atoms with E-state index >= 15 is 0 Å².